The monoisotopic (exact) mass is 157 g/mol. The first kappa shape index (κ1) is 9.78. The molecule has 0 heterocycles. The third-order valence-electron chi connectivity index (χ3n) is 1.46. The summed E-state index contributed by atoms with van der Waals surface area (Å²) < 4.78 is 0. The fourth-order valence-electron chi connectivity index (χ4n) is 0.699. The van der Waals surface area contributed by atoms with Gasteiger partial charge in [-0.05, 0) is 11.4 Å². The minimum Gasteiger partial charge on any atom is -0.481 e. The van der Waals surface area contributed by atoms with E-state index in [-0.39, 0.29) is 12.5 Å². The van der Waals surface area contributed by atoms with E-state index < -0.39 is 11.9 Å². The summed E-state index contributed by atoms with van der Waals surface area (Å²) in [5, 5.41) is 11.8. The molecule has 1 N–H and O–H groups in total. The van der Waals surface area contributed by atoms with Gasteiger partial charge in [-0.1, -0.05) is 19.0 Å². The Balaban J connectivity index is 4.11. The Morgan fingerprint density at radius 2 is 2.27 bits per heavy atom. The molecule has 1 atom stereocenters. The first-order valence-corrected chi connectivity index (χ1v) is 3.33. The number of carbonyl (C=O) groups is 1. The van der Waals surface area contributed by atoms with Gasteiger partial charge in [-0.3, -0.25) is 4.79 Å². The van der Waals surface area contributed by atoms with E-state index in [1.54, 1.807) is 13.8 Å². The zero-order chi connectivity index (χ0) is 8.85. The number of aliphatic carboxylic acids is 1. The zero-order valence-corrected chi connectivity index (χ0v) is 6.56. The van der Waals surface area contributed by atoms with Crippen LogP contribution in [0.1, 0.15) is 13.8 Å². The molecule has 0 rings (SSSR count). The smallest absolute Gasteiger partial charge is 0.306 e. The summed E-state index contributed by atoms with van der Waals surface area (Å²) in [5.41, 5.74) is 7.94. The zero-order valence-electron chi connectivity index (χ0n) is 6.56. The van der Waals surface area contributed by atoms with Crippen LogP contribution in [0.4, 0.5) is 0 Å². The van der Waals surface area contributed by atoms with Crippen molar-refractivity contribution in [2.75, 3.05) is 6.54 Å². The number of carboxylic acid groups (broad SMARTS) is 1. The van der Waals surface area contributed by atoms with E-state index in [0.717, 1.165) is 0 Å². The van der Waals surface area contributed by atoms with Crippen LogP contribution in [-0.4, -0.2) is 17.6 Å². The lowest BCUT2D eigenvalue weighted by Crippen LogP contribution is -2.22. The molecule has 0 aliphatic carbocycles. The normalized spacial score (nSPS) is 12.3. The number of hydrogen-bond donors (Lipinski definition) is 1. The molecule has 0 aliphatic rings. The van der Waals surface area contributed by atoms with Crippen molar-refractivity contribution in [1.82, 2.24) is 0 Å². The van der Waals surface area contributed by atoms with E-state index >= 15 is 0 Å². The highest BCUT2D eigenvalue weighted by atomic mass is 16.4. The Morgan fingerprint density at radius 3 is 2.55 bits per heavy atom. The number of hydrogen-bond acceptors (Lipinski definition) is 2. The maximum absolute atomic E-state index is 10.5. The van der Waals surface area contributed by atoms with Gasteiger partial charge < -0.3 is 5.11 Å². The molecule has 0 saturated heterocycles. The lowest BCUT2D eigenvalue weighted by molar-refractivity contribution is -0.142. The SMILES string of the molecule is CC(C)C(CN=[N+]=[N-])C(=O)O. The van der Waals surface area contributed by atoms with E-state index in [0.29, 0.717) is 0 Å². The maximum atomic E-state index is 10.5. The van der Waals surface area contributed by atoms with E-state index in [1.165, 1.54) is 0 Å². The minimum absolute atomic E-state index is 0.00185. The standard InChI is InChI=1S/C6H11N3O2/c1-4(2)5(6(10)11)3-8-9-7/h4-5H,3H2,1-2H3,(H,10,11). The first-order chi connectivity index (χ1) is 5.09. The van der Waals surface area contributed by atoms with E-state index in [4.69, 9.17) is 10.6 Å². The van der Waals surface area contributed by atoms with Gasteiger partial charge in [0.2, 0.25) is 0 Å². The van der Waals surface area contributed by atoms with Crippen LogP contribution in [0.5, 0.6) is 0 Å². The Hall–Kier alpha value is -1.22. The molecule has 1 unspecified atom stereocenters. The molecule has 0 fully saturated rings. The van der Waals surface area contributed by atoms with Crippen molar-refractivity contribution in [2.45, 2.75) is 13.8 Å². The largest absolute Gasteiger partial charge is 0.481 e. The van der Waals surface area contributed by atoms with Crippen LogP contribution in [0, 0.1) is 11.8 Å². The molecule has 0 amide bonds. The quantitative estimate of drug-likeness (QED) is 0.382. The molecule has 5 heteroatoms. The highest BCUT2D eigenvalue weighted by Gasteiger charge is 2.19. The van der Waals surface area contributed by atoms with Crippen molar-refractivity contribution in [3.8, 4) is 0 Å². The van der Waals surface area contributed by atoms with Gasteiger partial charge in [0.1, 0.15) is 0 Å². The van der Waals surface area contributed by atoms with Crippen LogP contribution in [0.3, 0.4) is 0 Å². The maximum Gasteiger partial charge on any atom is 0.306 e. The van der Waals surface area contributed by atoms with Crippen LogP contribution in [0.25, 0.3) is 10.4 Å². The molecule has 0 saturated carbocycles. The predicted molar refractivity (Wildman–Crippen MR) is 40.0 cm³/mol. The van der Waals surface area contributed by atoms with Gasteiger partial charge in [0.05, 0.1) is 5.92 Å². The summed E-state index contributed by atoms with van der Waals surface area (Å²) in [4.78, 5) is 13.0. The molecule has 0 aliphatic heterocycles. The Labute approximate surface area is 64.7 Å². The molecule has 0 spiro atoms. The molecule has 5 nitrogen and oxygen atoms in total. The van der Waals surface area contributed by atoms with E-state index in [9.17, 15) is 4.79 Å². The van der Waals surface area contributed by atoms with Gasteiger partial charge >= 0.3 is 5.97 Å². The van der Waals surface area contributed by atoms with Crippen LogP contribution in [0.15, 0.2) is 5.11 Å². The Kier molecular flexibility index (Phi) is 4.07. The second-order valence-electron chi connectivity index (χ2n) is 2.60. The van der Waals surface area contributed by atoms with Crippen LogP contribution in [0.2, 0.25) is 0 Å². The Bertz CT molecular complexity index is 184. The summed E-state index contributed by atoms with van der Waals surface area (Å²) >= 11 is 0. The van der Waals surface area contributed by atoms with Crippen LogP contribution >= 0.6 is 0 Å². The fraction of sp³-hybridized carbons (Fsp3) is 0.833. The van der Waals surface area contributed by atoms with Crippen molar-refractivity contribution >= 4 is 5.97 Å². The van der Waals surface area contributed by atoms with Crippen molar-refractivity contribution < 1.29 is 9.90 Å². The van der Waals surface area contributed by atoms with Gasteiger partial charge in [-0.25, -0.2) is 0 Å². The van der Waals surface area contributed by atoms with E-state index in [2.05, 4.69) is 10.0 Å². The molecule has 0 aromatic carbocycles. The number of nitrogens with zero attached hydrogens (tertiary/aromatic N) is 3. The summed E-state index contributed by atoms with van der Waals surface area (Å²) in [5.74, 6) is -1.48. The van der Waals surface area contributed by atoms with Crippen molar-refractivity contribution in [1.29, 1.82) is 0 Å². The summed E-state index contributed by atoms with van der Waals surface area (Å²) in [6, 6.07) is 0. The molecule has 0 aromatic rings. The van der Waals surface area contributed by atoms with Gasteiger partial charge in [-0.2, -0.15) is 0 Å². The molecule has 62 valence electrons. The highest BCUT2D eigenvalue weighted by Crippen LogP contribution is 2.10. The summed E-state index contributed by atoms with van der Waals surface area (Å²) in [6.45, 7) is 3.60. The van der Waals surface area contributed by atoms with Gasteiger partial charge in [-0.15, -0.1) is 0 Å². The van der Waals surface area contributed by atoms with Crippen molar-refractivity contribution in [2.24, 2.45) is 17.0 Å². The molecular weight excluding hydrogens is 146 g/mol. The van der Waals surface area contributed by atoms with Crippen molar-refractivity contribution in [3.05, 3.63) is 10.4 Å². The van der Waals surface area contributed by atoms with Gasteiger partial charge in [0.15, 0.2) is 0 Å². The fourth-order valence-corrected chi connectivity index (χ4v) is 0.699. The van der Waals surface area contributed by atoms with E-state index in [1.807, 2.05) is 0 Å². The molecule has 0 radical (unpaired) electrons. The van der Waals surface area contributed by atoms with Gasteiger partial charge in [0.25, 0.3) is 0 Å². The predicted octanol–water partition coefficient (Wildman–Crippen LogP) is 1.65. The lowest BCUT2D eigenvalue weighted by Gasteiger charge is -2.11. The summed E-state index contributed by atoms with van der Waals surface area (Å²) in [6.07, 6.45) is 0. The minimum atomic E-state index is -0.910. The average Bonchev–Trinajstić information content (AvgIpc) is 1.87. The first-order valence-electron chi connectivity index (χ1n) is 3.33. The lowest BCUT2D eigenvalue weighted by atomic mass is 9.96. The Morgan fingerprint density at radius 1 is 1.73 bits per heavy atom. The second-order valence-corrected chi connectivity index (χ2v) is 2.60. The van der Waals surface area contributed by atoms with Crippen LogP contribution in [-0.2, 0) is 4.79 Å². The average molecular weight is 157 g/mol. The number of azide groups is 1. The number of rotatable bonds is 4. The summed E-state index contributed by atoms with van der Waals surface area (Å²) in [7, 11) is 0. The van der Waals surface area contributed by atoms with Crippen LogP contribution < -0.4 is 0 Å². The van der Waals surface area contributed by atoms with Crippen molar-refractivity contribution in [3.63, 3.8) is 0 Å². The third kappa shape index (κ3) is 3.47. The number of carboxylic acids is 1. The topological polar surface area (TPSA) is 86.1 Å². The molecule has 11 heavy (non-hydrogen) atoms. The highest BCUT2D eigenvalue weighted by molar-refractivity contribution is 5.70. The molecular formula is C6H11N3O2. The van der Waals surface area contributed by atoms with Gasteiger partial charge in [0, 0.05) is 11.5 Å². The second kappa shape index (κ2) is 4.57. The third-order valence-corrected chi connectivity index (χ3v) is 1.46. The molecule has 0 bridgehead atoms. The molecule has 0 aromatic heterocycles.